The molecule has 4 amide bonds. The van der Waals surface area contributed by atoms with Crippen molar-refractivity contribution in [2.45, 2.75) is 38.3 Å². The molecule has 1 atom stereocenters. The van der Waals surface area contributed by atoms with E-state index in [0.717, 1.165) is 11.3 Å². The van der Waals surface area contributed by atoms with Crippen LogP contribution in [-0.4, -0.2) is 40.7 Å². The molecule has 0 saturated carbocycles. The molecule has 3 heterocycles. The third-order valence-electron chi connectivity index (χ3n) is 6.33. The van der Waals surface area contributed by atoms with Crippen LogP contribution in [0.5, 0.6) is 0 Å². The van der Waals surface area contributed by atoms with E-state index in [0.29, 0.717) is 42.6 Å². The van der Waals surface area contributed by atoms with E-state index in [1.807, 2.05) is 13.0 Å². The number of fused-ring (bicyclic) bond motifs is 4. The monoisotopic (exact) mass is 418 g/mol. The lowest BCUT2D eigenvalue weighted by molar-refractivity contribution is -0.120. The molecule has 1 saturated heterocycles. The van der Waals surface area contributed by atoms with Crippen LogP contribution in [0, 0.1) is 0 Å². The number of benzene rings is 2. The summed E-state index contributed by atoms with van der Waals surface area (Å²) in [6.45, 7) is 1.67. The Bertz CT molecular complexity index is 1140. The standard InChI is InChI=1S/C23H22N4O4/c1-23-11-10-21(30)27(23)18-5-3-2-4-16(18)22(31)26(23)13-20(29)24-15-7-8-17-14(12-15)6-9-19(28)25-17/h2-5,7-8,12H,6,9-11,13H2,1H3,(H,24,29)(H,25,28). The van der Waals surface area contributed by atoms with Gasteiger partial charge in [0, 0.05) is 24.2 Å². The van der Waals surface area contributed by atoms with E-state index in [1.165, 1.54) is 4.90 Å². The van der Waals surface area contributed by atoms with Crippen LogP contribution in [0.25, 0.3) is 0 Å². The molecule has 8 nitrogen and oxygen atoms in total. The number of aryl methyl sites for hydroxylation is 1. The van der Waals surface area contributed by atoms with Gasteiger partial charge in [0.25, 0.3) is 5.91 Å². The van der Waals surface area contributed by atoms with Crippen LogP contribution in [0.2, 0.25) is 0 Å². The number of nitrogens with zero attached hydrogens (tertiary/aromatic N) is 2. The second-order valence-corrected chi connectivity index (χ2v) is 8.32. The van der Waals surface area contributed by atoms with Gasteiger partial charge in [-0.3, -0.25) is 24.1 Å². The molecule has 158 valence electrons. The summed E-state index contributed by atoms with van der Waals surface area (Å²) in [5.74, 6) is -0.665. The Hall–Kier alpha value is -3.68. The summed E-state index contributed by atoms with van der Waals surface area (Å²) < 4.78 is 0. The molecular weight excluding hydrogens is 396 g/mol. The van der Waals surface area contributed by atoms with Crippen molar-refractivity contribution in [1.29, 1.82) is 0 Å². The van der Waals surface area contributed by atoms with Gasteiger partial charge in [0.1, 0.15) is 12.2 Å². The number of anilines is 3. The van der Waals surface area contributed by atoms with Crippen molar-refractivity contribution in [3.63, 3.8) is 0 Å². The first-order valence-corrected chi connectivity index (χ1v) is 10.3. The summed E-state index contributed by atoms with van der Waals surface area (Å²) in [5.41, 5.74) is 2.47. The fraction of sp³-hybridized carbons (Fsp3) is 0.304. The van der Waals surface area contributed by atoms with E-state index in [4.69, 9.17) is 0 Å². The minimum Gasteiger partial charge on any atom is -0.326 e. The minimum absolute atomic E-state index is 0.0166. The van der Waals surface area contributed by atoms with Crippen molar-refractivity contribution in [2.75, 3.05) is 22.1 Å². The van der Waals surface area contributed by atoms with Crippen LogP contribution in [0.1, 0.15) is 42.1 Å². The summed E-state index contributed by atoms with van der Waals surface area (Å²) in [6, 6.07) is 12.4. The zero-order valence-corrected chi connectivity index (χ0v) is 17.1. The summed E-state index contributed by atoms with van der Waals surface area (Å²) in [4.78, 5) is 53.4. The maximum atomic E-state index is 13.2. The molecule has 31 heavy (non-hydrogen) atoms. The van der Waals surface area contributed by atoms with Gasteiger partial charge in [0.15, 0.2) is 0 Å². The predicted octanol–water partition coefficient (Wildman–Crippen LogP) is 2.51. The number of rotatable bonds is 3. The molecule has 2 aromatic rings. The molecule has 0 spiro atoms. The van der Waals surface area contributed by atoms with Gasteiger partial charge in [-0.1, -0.05) is 12.1 Å². The average Bonchev–Trinajstić information content (AvgIpc) is 3.06. The van der Waals surface area contributed by atoms with Crippen molar-refractivity contribution in [1.82, 2.24) is 4.90 Å². The molecule has 1 fully saturated rings. The average molecular weight is 418 g/mol. The van der Waals surface area contributed by atoms with Crippen LogP contribution < -0.4 is 15.5 Å². The molecule has 0 radical (unpaired) electrons. The molecule has 2 aromatic carbocycles. The Balaban J connectivity index is 1.39. The van der Waals surface area contributed by atoms with Gasteiger partial charge in [0.2, 0.25) is 17.7 Å². The largest absolute Gasteiger partial charge is 0.326 e. The van der Waals surface area contributed by atoms with E-state index in [9.17, 15) is 19.2 Å². The highest BCUT2D eigenvalue weighted by molar-refractivity contribution is 6.11. The molecule has 0 aliphatic carbocycles. The SMILES string of the molecule is CC12CCC(=O)N1c1ccccc1C(=O)N2CC(=O)Nc1ccc2c(c1)CCC(=O)N2. The number of nitrogens with one attached hydrogen (secondary N) is 2. The Kier molecular flexibility index (Phi) is 4.32. The lowest BCUT2D eigenvalue weighted by atomic mass is 9.98. The van der Waals surface area contributed by atoms with Gasteiger partial charge in [-0.15, -0.1) is 0 Å². The van der Waals surface area contributed by atoms with Crippen molar-refractivity contribution in [3.05, 3.63) is 53.6 Å². The van der Waals surface area contributed by atoms with Gasteiger partial charge >= 0.3 is 0 Å². The van der Waals surface area contributed by atoms with E-state index in [-0.39, 0.29) is 30.2 Å². The second-order valence-electron chi connectivity index (χ2n) is 8.32. The third kappa shape index (κ3) is 3.06. The number of para-hydroxylation sites is 1. The Morgan fingerprint density at radius 3 is 2.74 bits per heavy atom. The number of carbonyl (C=O) groups excluding carboxylic acids is 4. The first-order valence-electron chi connectivity index (χ1n) is 10.3. The Morgan fingerprint density at radius 2 is 1.90 bits per heavy atom. The third-order valence-corrected chi connectivity index (χ3v) is 6.33. The molecule has 3 aliphatic rings. The zero-order valence-electron chi connectivity index (χ0n) is 17.1. The highest BCUT2D eigenvalue weighted by Crippen LogP contribution is 2.43. The van der Waals surface area contributed by atoms with E-state index < -0.39 is 5.66 Å². The summed E-state index contributed by atoms with van der Waals surface area (Å²) in [5, 5.41) is 5.67. The first-order chi connectivity index (χ1) is 14.9. The maximum Gasteiger partial charge on any atom is 0.258 e. The highest BCUT2D eigenvalue weighted by Gasteiger charge is 2.53. The number of carbonyl (C=O) groups is 4. The van der Waals surface area contributed by atoms with Gasteiger partial charge in [-0.2, -0.15) is 0 Å². The van der Waals surface area contributed by atoms with Crippen LogP contribution in [0.4, 0.5) is 17.1 Å². The molecule has 1 unspecified atom stereocenters. The lowest BCUT2D eigenvalue weighted by Gasteiger charge is -2.48. The van der Waals surface area contributed by atoms with Crippen molar-refractivity contribution >= 4 is 40.7 Å². The maximum absolute atomic E-state index is 13.2. The van der Waals surface area contributed by atoms with Crippen LogP contribution in [-0.2, 0) is 20.8 Å². The van der Waals surface area contributed by atoms with Gasteiger partial charge in [-0.25, -0.2) is 0 Å². The topological polar surface area (TPSA) is 98.8 Å². The number of amides is 4. The molecule has 3 aliphatic heterocycles. The van der Waals surface area contributed by atoms with Crippen LogP contribution in [0.3, 0.4) is 0 Å². The lowest BCUT2D eigenvalue weighted by Crippen LogP contribution is -2.63. The fourth-order valence-electron chi connectivity index (χ4n) is 4.75. The molecule has 0 aromatic heterocycles. The highest BCUT2D eigenvalue weighted by atomic mass is 16.2. The molecule has 2 N–H and O–H groups in total. The molecule has 0 bridgehead atoms. The van der Waals surface area contributed by atoms with Crippen molar-refractivity contribution in [3.8, 4) is 0 Å². The molecular formula is C23H22N4O4. The minimum atomic E-state index is -0.875. The fourth-order valence-corrected chi connectivity index (χ4v) is 4.75. The normalized spacial score (nSPS) is 21.9. The Morgan fingerprint density at radius 1 is 1.10 bits per heavy atom. The van der Waals surface area contributed by atoms with Gasteiger partial charge in [0.05, 0.1) is 11.3 Å². The van der Waals surface area contributed by atoms with E-state index in [1.54, 1.807) is 41.3 Å². The summed E-state index contributed by atoms with van der Waals surface area (Å²) >= 11 is 0. The van der Waals surface area contributed by atoms with Crippen LogP contribution in [0.15, 0.2) is 42.5 Å². The molecule has 8 heteroatoms. The zero-order chi connectivity index (χ0) is 21.8. The van der Waals surface area contributed by atoms with Crippen LogP contribution >= 0.6 is 0 Å². The number of hydrogen-bond donors (Lipinski definition) is 2. The summed E-state index contributed by atoms with van der Waals surface area (Å²) in [6.07, 6.45) is 1.82. The second kappa shape index (κ2) is 6.94. The Labute approximate surface area is 179 Å². The van der Waals surface area contributed by atoms with E-state index >= 15 is 0 Å². The van der Waals surface area contributed by atoms with Crippen molar-refractivity contribution < 1.29 is 19.2 Å². The first kappa shape index (κ1) is 19.3. The number of hydrogen-bond acceptors (Lipinski definition) is 4. The predicted molar refractivity (Wildman–Crippen MR) is 115 cm³/mol. The smallest absolute Gasteiger partial charge is 0.258 e. The quantitative estimate of drug-likeness (QED) is 0.800. The van der Waals surface area contributed by atoms with Crippen molar-refractivity contribution in [2.24, 2.45) is 0 Å². The summed E-state index contributed by atoms with van der Waals surface area (Å²) in [7, 11) is 0. The van der Waals surface area contributed by atoms with Gasteiger partial charge in [-0.05, 0) is 55.7 Å². The van der Waals surface area contributed by atoms with Gasteiger partial charge < -0.3 is 15.5 Å². The van der Waals surface area contributed by atoms with E-state index in [2.05, 4.69) is 10.6 Å². The molecule has 5 rings (SSSR count).